The summed E-state index contributed by atoms with van der Waals surface area (Å²) in [7, 11) is 1.54. The lowest BCUT2D eigenvalue weighted by Crippen LogP contribution is -2.49. The van der Waals surface area contributed by atoms with Crippen molar-refractivity contribution < 1.29 is 14.4 Å². The monoisotopic (exact) mass is 255 g/mol. The Morgan fingerprint density at radius 3 is 2.56 bits per heavy atom. The number of nitrogens with one attached hydrogen (secondary N) is 2. The summed E-state index contributed by atoms with van der Waals surface area (Å²) in [5.41, 5.74) is 0. The normalized spacial score (nSPS) is 23.1. The SMILES string of the molecule is CCC(C)N1C(=O)CC(NC(C)C(=O)NC)C1=O. The van der Waals surface area contributed by atoms with Crippen molar-refractivity contribution in [2.45, 2.75) is 51.7 Å². The van der Waals surface area contributed by atoms with Gasteiger partial charge in [-0.05, 0) is 20.3 Å². The van der Waals surface area contributed by atoms with Gasteiger partial charge in [0.15, 0.2) is 0 Å². The summed E-state index contributed by atoms with van der Waals surface area (Å²) in [4.78, 5) is 36.5. The Balaban J connectivity index is 2.69. The van der Waals surface area contributed by atoms with Crippen LogP contribution in [0.25, 0.3) is 0 Å². The van der Waals surface area contributed by atoms with Gasteiger partial charge >= 0.3 is 0 Å². The molecule has 3 amide bonds. The fourth-order valence-electron chi connectivity index (χ4n) is 2.02. The van der Waals surface area contributed by atoms with Gasteiger partial charge in [-0.2, -0.15) is 0 Å². The predicted octanol–water partition coefficient (Wildman–Crippen LogP) is -0.363. The van der Waals surface area contributed by atoms with Crippen LogP contribution in [0.1, 0.15) is 33.6 Å². The number of likely N-dealkylation sites (tertiary alicyclic amines) is 1. The molecule has 6 heteroatoms. The summed E-state index contributed by atoms with van der Waals surface area (Å²) in [6, 6.07) is -1.17. The standard InChI is InChI=1S/C12H21N3O3/c1-5-7(2)15-10(16)6-9(12(15)18)14-8(3)11(17)13-4/h7-9,14H,5-6H2,1-4H3,(H,13,17). The van der Waals surface area contributed by atoms with Gasteiger partial charge in [-0.3, -0.25) is 24.6 Å². The highest BCUT2D eigenvalue weighted by molar-refractivity contribution is 6.06. The van der Waals surface area contributed by atoms with Crippen molar-refractivity contribution in [1.29, 1.82) is 0 Å². The van der Waals surface area contributed by atoms with Crippen molar-refractivity contribution in [3.63, 3.8) is 0 Å². The molecule has 1 saturated heterocycles. The number of carbonyl (C=O) groups is 3. The Morgan fingerprint density at radius 2 is 2.06 bits per heavy atom. The first-order valence-electron chi connectivity index (χ1n) is 6.25. The van der Waals surface area contributed by atoms with Crippen molar-refractivity contribution in [2.24, 2.45) is 0 Å². The molecule has 1 fully saturated rings. The minimum atomic E-state index is -0.584. The number of likely N-dealkylation sites (N-methyl/N-ethyl adjacent to an activating group) is 1. The van der Waals surface area contributed by atoms with E-state index in [4.69, 9.17) is 0 Å². The van der Waals surface area contributed by atoms with E-state index in [2.05, 4.69) is 10.6 Å². The van der Waals surface area contributed by atoms with Crippen LogP contribution in [0.15, 0.2) is 0 Å². The second kappa shape index (κ2) is 5.95. The number of amides is 3. The van der Waals surface area contributed by atoms with Crippen LogP contribution >= 0.6 is 0 Å². The molecule has 3 unspecified atom stereocenters. The highest BCUT2D eigenvalue weighted by Crippen LogP contribution is 2.18. The van der Waals surface area contributed by atoms with Gasteiger partial charge < -0.3 is 5.32 Å². The minimum Gasteiger partial charge on any atom is -0.358 e. The molecule has 0 spiro atoms. The Hall–Kier alpha value is -1.43. The molecule has 3 atom stereocenters. The van der Waals surface area contributed by atoms with Gasteiger partial charge in [-0.25, -0.2) is 0 Å². The zero-order valence-electron chi connectivity index (χ0n) is 11.3. The summed E-state index contributed by atoms with van der Waals surface area (Å²) in [5, 5.41) is 5.39. The Morgan fingerprint density at radius 1 is 1.44 bits per heavy atom. The summed E-state index contributed by atoms with van der Waals surface area (Å²) in [5.74, 6) is -0.599. The van der Waals surface area contributed by atoms with E-state index in [1.165, 1.54) is 11.9 Å². The first-order chi connectivity index (χ1) is 8.42. The maximum absolute atomic E-state index is 12.1. The average Bonchev–Trinajstić information content (AvgIpc) is 2.62. The summed E-state index contributed by atoms with van der Waals surface area (Å²) in [6.45, 7) is 5.45. The van der Waals surface area contributed by atoms with E-state index in [-0.39, 0.29) is 30.2 Å². The second-order valence-electron chi connectivity index (χ2n) is 4.62. The summed E-state index contributed by atoms with van der Waals surface area (Å²) in [6.07, 6.45) is 0.861. The number of rotatable bonds is 5. The molecule has 0 bridgehead atoms. The van der Waals surface area contributed by atoms with Crippen molar-refractivity contribution in [1.82, 2.24) is 15.5 Å². The number of carbonyl (C=O) groups excluding carboxylic acids is 3. The fraction of sp³-hybridized carbons (Fsp3) is 0.750. The van der Waals surface area contributed by atoms with Crippen LogP contribution in [0.2, 0.25) is 0 Å². The van der Waals surface area contributed by atoms with E-state index >= 15 is 0 Å². The average molecular weight is 255 g/mol. The van der Waals surface area contributed by atoms with Gasteiger partial charge in [0.25, 0.3) is 0 Å². The third kappa shape index (κ3) is 2.87. The molecule has 0 aromatic heterocycles. The minimum absolute atomic E-state index is 0.0906. The summed E-state index contributed by atoms with van der Waals surface area (Å²) >= 11 is 0. The Bertz CT molecular complexity index is 356. The lowest BCUT2D eigenvalue weighted by Gasteiger charge is -2.22. The maximum Gasteiger partial charge on any atom is 0.247 e. The number of imide groups is 1. The smallest absolute Gasteiger partial charge is 0.247 e. The van der Waals surface area contributed by atoms with Crippen LogP contribution in [0.4, 0.5) is 0 Å². The number of nitrogens with zero attached hydrogens (tertiary/aromatic N) is 1. The molecule has 0 saturated carbocycles. The van der Waals surface area contributed by atoms with Gasteiger partial charge in [-0.15, -0.1) is 0 Å². The van der Waals surface area contributed by atoms with Crippen molar-refractivity contribution >= 4 is 17.7 Å². The van der Waals surface area contributed by atoms with Gasteiger partial charge in [0.05, 0.1) is 18.5 Å². The first kappa shape index (κ1) is 14.6. The van der Waals surface area contributed by atoms with Crippen LogP contribution in [0.5, 0.6) is 0 Å². The Labute approximate surface area is 107 Å². The van der Waals surface area contributed by atoms with E-state index in [1.54, 1.807) is 6.92 Å². The maximum atomic E-state index is 12.1. The van der Waals surface area contributed by atoms with Crippen LogP contribution in [-0.4, -0.2) is 47.8 Å². The van der Waals surface area contributed by atoms with Gasteiger partial charge in [0.2, 0.25) is 17.7 Å². The van der Waals surface area contributed by atoms with Gasteiger partial charge in [-0.1, -0.05) is 6.92 Å². The molecule has 1 aliphatic heterocycles. The van der Waals surface area contributed by atoms with Crippen molar-refractivity contribution in [2.75, 3.05) is 7.05 Å². The Kier molecular flexibility index (Phi) is 4.84. The molecule has 1 rings (SSSR count). The van der Waals surface area contributed by atoms with Crippen LogP contribution in [-0.2, 0) is 14.4 Å². The quantitative estimate of drug-likeness (QED) is 0.657. The zero-order chi connectivity index (χ0) is 13.9. The molecule has 2 N–H and O–H groups in total. The van der Waals surface area contributed by atoms with Crippen LogP contribution in [0.3, 0.4) is 0 Å². The van der Waals surface area contributed by atoms with Crippen molar-refractivity contribution in [3.05, 3.63) is 0 Å². The van der Waals surface area contributed by atoms with Crippen molar-refractivity contribution in [3.8, 4) is 0 Å². The molecule has 0 aliphatic carbocycles. The molecule has 0 aromatic rings. The highest BCUT2D eigenvalue weighted by atomic mass is 16.2. The van der Waals surface area contributed by atoms with E-state index in [0.29, 0.717) is 0 Å². The largest absolute Gasteiger partial charge is 0.358 e. The number of hydrogen-bond acceptors (Lipinski definition) is 4. The fourth-order valence-corrected chi connectivity index (χ4v) is 2.02. The third-order valence-electron chi connectivity index (χ3n) is 3.31. The number of hydrogen-bond donors (Lipinski definition) is 2. The van der Waals surface area contributed by atoms with E-state index < -0.39 is 12.1 Å². The molecule has 0 aromatic carbocycles. The zero-order valence-corrected chi connectivity index (χ0v) is 11.3. The highest BCUT2D eigenvalue weighted by Gasteiger charge is 2.41. The van der Waals surface area contributed by atoms with Gasteiger partial charge in [0, 0.05) is 13.1 Å². The van der Waals surface area contributed by atoms with E-state index in [0.717, 1.165) is 6.42 Å². The summed E-state index contributed by atoms with van der Waals surface area (Å²) < 4.78 is 0. The van der Waals surface area contributed by atoms with Gasteiger partial charge in [0.1, 0.15) is 0 Å². The molecule has 1 aliphatic rings. The molecule has 1 heterocycles. The molecule has 6 nitrogen and oxygen atoms in total. The second-order valence-corrected chi connectivity index (χ2v) is 4.62. The van der Waals surface area contributed by atoms with E-state index in [1.807, 2.05) is 13.8 Å². The molecule has 18 heavy (non-hydrogen) atoms. The topological polar surface area (TPSA) is 78.5 Å². The molecular weight excluding hydrogens is 234 g/mol. The lowest BCUT2D eigenvalue weighted by atomic mass is 10.2. The lowest BCUT2D eigenvalue weighted by molar-refractivity contribution is -0.141. The molecule has 0 radical (unpaired) electrons. The van der Waals surface area contributed by atoms with Crippen LogP contribution in [0, 0.1) is 0 Å². The van der Waals surface area contributed by atoms with Crippen LogP contribution < -0.4 is 10.6 Å². The molecular formula is C12H21N3O3. The third-order valence-corrected chi connectivity index (χ3v) is 3.31. The molecule has 102 valence electrons. The predicted molar refractivity (Wildman–Crippen MR) is 66.7 cm³/mol. The van der Waals surface area contributed by atoms with E-state index in [9.17, 15) is 14.4 Å². The first-order valence-corrected chi connectivity index (χ1v) is 6.25.